The summed E-state index contributed by atoms with van der Waals surface area (Å²) < 4.78 is 48.9. The number of carbonyl (C=O) groups is 2. The molecule has 0 aliphatic carbocycles. The minimum atomic E-state index is -4.28. The van der Waals surface area contributed by atoms with Crippen LogP contribution in [-0.4, -0.2) is 29.8 Å². The summed E-state index contributed by atoms with van der Waals surface area (Å²) in [4.78, 5) is 21.9. The standard InChI is InChI=1S/C12H12F4N2O3/c13-9-6-7(2-3-8(9)10(19)20)18-11(21)17-5-1-4-12(14,15)16/h2-3,6H,1,4-5H2,(H,19,20)(H2,17,18,21). The molecular weight excluding hydrogens is 296 g/mol. The van der Waals surface area contributed by atoms with Gasteiger partial charge in [0.05, 0.1) is 5.56 Å². The number of benzene rings is 1. The van der Waals surface area contributed by atoms with Crippen molar-refractivity contribution in [3.8, 4) is 0 Å². The summed E-state index contributed by atoms with van der Waals surface area (Å²) in [5.74, 6) is -2.48. The first-order valence-electron chi connectivity index (χ1n) is 5.83. The molecule has 0 bridgehead atoms. The number of carboxylic acid groups (broad SMARTS) is 1. The van der Waals surface area contributed by atoms with Gasteiger partial charge in [-0.1, -0.05) is 0 Å². The predicted molar refractivity (Wildman–Crippen MR) is 65.7 cm³/mol. The molecule has 0 unspecified atom stereocenters. The summed E-state index contributed by atoms with van der Waals surface area (Å²) in [6.07, 6.45) is -5.58. The number of amides is 2. The lowest BCUT2D eigenvalue weighted by atomic mass is 10.2. The minimum Gasteiger partial charge on any atom is -0.478 e. The van der Waals surface area contributed by atoms with Crippen molar-refractivity contribution in [2.45, 2.75) is 19.0 Å². The second-order valence-electron chi connectivity index (χ2n) is 4.10. The van der Waals surface area contributed by atoms with Crippen LogP contribution in [0.4, 0.5) is 28.0 Å². The largest absolute Gasteiger partial charge is 0.478 e. The topological polar surface area (TPSA) is 78.4 Å². The lowest BCUT2D eigenvalue weighted by Crippen LogP contribution is -2.30. The number of rotatable bonds is 5. The van der Waals surface area contributed by atoms with Crippen LogP contribution < -0.4 is 10.6 Å². The second-order valence-corrected chi connectivity index (χ2v) is 4.10. The third kappa shape index (κ3) is 6.11. The van der Waals surface area contributed by atoms with Crippen LogP contribution in [-0.2, 0) is 0 Å². The normalized spacial score (nSPS) is 11.0. The molecule has 2 amide bonds. The molecule has 9 heteroatoms. The van der Waals surface area contributed by atoms with E-state index in [0.717, 1.165) is 12.1 Å². The highest BCUT2D eigenvalue weighted by atomic mass is 19.4. The van der Waals surface area contributed by atoms with E-state index in [1.807, 2.05) is 0 Å². The van der Waals surface area contributed by atoms with Crippen molar-refractivity contribution in [3.05, 3.63) is 29.6 Å². The molecule has 0 saturated heterocycles. The maximum absolute atomic E-state index is 13.3. The van der Waals surface area contributed by atoms with E-state index in [2.05, 4.69) is 10.6 Å². The monoisotopic (exact) mass is 308 g/mol. The number of halogens is 4. The summed E-state index contributed by atoms with van der Waals surface area (Å²) in [6, 6.07) is 2.14. The van der Waals surface area contributed by atoms with Crippen LogP contribution in [0.1, 0.15) is 23.2 Å². The molecule has 21 heavy (non-hydrogen) atoms. The number of carbonyl (C=O) groups excluding carboxylic acids is 1. The van der Waals surface area contributed by atoms with E-state index in [1.165, 1.54) is 6.07 Å². The molecule has 116 valence electrons. The summed E-state index contributed by atoms with van der Waals surface area (Å²) in [5, 5.41) is 13.0. The molecule has 0 heterocycles. The second kappa shape index (κ2) is 6.91. The Morgan fingerprint density at radius 2 is 1.90 bits per heavy atom. The molecule has 1 aromatic rings. The average Bonchev–Trinajstić information content (AvgIpc) is 2.33. The van der Waals surface area contributed by atoms with Gasteiger partial charge in [-0.2, -0.15) is 13.2 Å². The number of hydrogen-bond acceptors (Lipinski definition) is 2. The zero-order valence-electron chi connectivity index (χ0n) is 10.6. The number of carboxylic acids is 1. The van der Waals surface area contributed by atoms with Crippen LogP contribution in [0.15, 0.2) is 18.2 Å². The summed E-state index contributed by atoms with van der Waals surface area (Å²) in [6.45, 7) is -0.193. The van der Waals surface area contributed by atoms with Gasteiger partial charge < -0.3 is 15.7 Å². The fourth-order valence-electron chi connectivity index (χ4n) is 1.43. The highest BCUT2D eigenvalue weighted by molar-refractivity contribution is 5.91. The lowest BCUT2D eigenvalue weighted by Gasteiger charge is -2.09. The Labute approximate surface area is 117 Å². The van der Waals surface area contributed by atoms with Crippen LogP contribution in [0.2, 0.25) is 0 Å². The molecule has 0 saturated carbocycles. The molecule has 0 atom stereocenters. The average molecular weight is 308 g/mol. The highest BCUT2D eigenvalue weighted by Gasteiger charge is 2.25. The maximum Gasteiger partial charge on any atom is 0.389 e. The van der Waals surface area contributed by atoms with E-state index in [4.69, 9.17) is 5.11 Å². The van der Waals surface area contributed by atoms with E-state index in [0.29, 0.717) is 0 Å². The van der Waals surface area contributed by atoms with Gasteiger partial charge in [-0.05, 0) is 24.6 Å². The van der Waals surface area contributed by atoms with Gasteiger partial charge in [-0.25, -0.2) is 14.0 Å². The fraction of sp³-hybridized carbons (Fsp3) is 0.333. The summed E-state index contributed by atoms with van der Waals surface area (Å²) in [7, 11) is 0. The van der Waals surface area contributed by atoms with Crippen molar-refractivity contribution in [1.29, 1.82) is 0 Å². The summed E-state index contributed by atoms with van der Waals surface area (Å²) >= 11 is 0. The van der Waals surface area contributed by atoms with Gasteiger partial charge in [-0.3, -0.25) is 0 Å². The Morgan fingerprint density at radius 1 is 1.24 bits per heavy atom. The van der Waals surface area contributed by atoms with Crippen molar-refractivity contribution in [2.24, 2.45) is 0 Å². The molecule has 3 N–H and O–H groups in total. The SMILES string of the molecule is O=C(NCCCC(F)(F)F)Nc1ccc(C(=O)O)c(F)c1. The quantitative estimate of drug-likeness (QED) is 0.578. The van der Waals surface area contributed by atoms with E-state index in [-0.39, 0.29) is 18.7 Å². The predicted octanol–water partition coefficient (Wildman–Crippen LogP) is 2.99. The molecule has 1 rings (SSSR count). The van der Waals surface area contributed by atoms with Crippen LogP contribution in [0.25, 0.3) is 0 Å². The van der Waals surface area contributed by atoms with Gasteiger partial charge in [-0.15, -0.1) is 0 Å². The van der Waals surface area contributed by atoms with Gasteiger partial charge in [0.2, 0.25) is 0 Å². The first kappa shape index (κ1) is 16.7. The van der Waals surface area contributed by atoms with E-state index >= 15 is 0 Å². The van der Waals surface area contributed by atoms with Gasteiger partial charge in [0, 0.05) is 18.7 Å². The van der Waals surface area contributed by atoms with Gasteiger partial charge in [0.15, 0.2) is 0 Å². The summed E-state index contributed by atoms with van der Waals surface area (Å²) in [5.41, 5.74) is -0.558. The zero-order valence-corrected chi connectivity index (χ0v) is 10.6. The minimum absolute atomic E-state index is 0.00850. The maximum atomic E-state index is 13.3. The molecule has 0 radical (unpaired) electrons. The van der Waals surface area contributed by atoms with Crippen molar-refractivity contribution in [1.82, 2.24) is 5.32 Å². The highest BCUT2D eigenvalue weighted by Crippen LogP contribution is 2.20. The Balaban J connectivity index is 2.45. The Morgan fingerprint density at radius 3 is 2.43 bits per heavy atom. The van der Waals surface area contributed by atoms with Gasteiger partial charge >= 0.3 is 18.2 Å². The van der Waals surface area contributed by atoms with Gasteiger partial charge in [0.25, 0.3) is 0 Å². The third-order valence-electron chi connectivity index (χ3n) is 2.38. The van der Waals surface area contributed by atoms with E-state index < -0.39 is 36.0 Å². The Kier molecular flexibility index (Phi) is 5.51. The van der Waals surface area contributed by atoms with Crippen molar-refractivity contribution >= 4 is 17.7 Å². The number of aromatic carboxylic acids is 1. The van der Waals surface area contributed by atoms with E-state index in [9.17, 15) is 27.2 Å². The van der Waals surface area contributed by atoms with Crippen LogP contribution >= 0.6 is 0 Å². The third-order valence-corrected chi connectivity index (χ3v) is 2.38. The smallest absolute Gasteiger partial charge is 0.389 e. The first-order valence-corrected chi connectivity index (χ1v) is 5.83. The number of urea groups is 1. The van der Waals surface area contributed by atoms with Crippen LogP contribution in [0.5, 0.6) is 0 Å². The molecule has 0 aliphatic heterocycles. The molecule has 1 aromatic carbocycles. The van der Waals surface area contributed by atoms with Gasteiger partial charge in [0.1, 0.15) is 5.82 Å². The van der Waals surface area contributed by atoms with Crippen molar-refractivity contribution in [3.63, 3.8) is 0 Å². The first-order chi connectivity index (χ1) is 9.69. The molecule has 0 aromatic heterocycles. The molecule has 0 aliphatic rings. The Hall–Kier alpha value is -2.32. The van der Waals surface area contributed by atoms with Crippen molar-refractivity contribution < 1.29 is 32.3 Å². The lowest BCUT2D eigenvalue weighted by molar-refractivity contribution is -0.135. The van der Waals surface area contributed by atoms with Crippen LogP contribution in [0, 0.1) is 5.82 Å². The van der Waals surface area contributed by atoms with Crippen LogP contribution in [0.3, 0.4) is 0 Å². The number of hydrogen-bond donors (Lipinski definition) is 3. The number of nitrogens with one attached hydrogen (secondary N) is 2. The Bertz CT molecular complexity index is 532. The zero-order chi connectivity index (χ0) is 16.0. The molecule has 0 fully saturated rings. The molecular formula is C12H12F4N2O3. The fourth-order valence-corrected chi connectivity index (χ4v) is 1.43. The number of alkyl halides is 3. The van der Waals surface area contributed by atoms with E-state index in [1.54, 1.807) is 0 Å². The molecule has 5 nitrogen and oxygen atoms in total. The van der Waals surface area contributed by atoms with Crippen molar-refractivity contribution in [2.75, 3.05) is 11.9 Å². The number of anilines is 1. The molecule has 0 spiro atoms.